The van der Waals surface area contributed by atoms with Crippen molar-refractivity contribution >= 4 is 21.6 Å². The van der Waals surface area contributed by atoms with Crippen LogP contribution in [0.3, 0.4) is 0 Å². The lowest BCUT2D eigenvalue weighted by atomic mass is 9.75. The van der Waals surface area contributed by atoms with E-state index in [4.69, 9.17) is 4.74 Å². The van der Waals surface area contributed by atoms with Gasteiger partial charge in [0, 0.05) is 31.2 Å². The minimum absolute atomic E-state index is 0.144. The summed E-state index contributed by atoms with van der Waals surface area (Å²) in [4.78, 5) is 12.8. The van der Waals surface area contributed by atoms with E-state index in [1.165, 1.54) is 12.3 Å². The van der Waals surface area contributed by atoms with Crippen molar-refractivity contribution in [2.24, 2.45) is 5.41 Å². The molecular formula is C19H28N2O4S. The van der Waals surface area contributed by atoms with Crippen LogP contribution in [-0.2, 0) is 14.6 Å². The Kier molecular flexibility index (Phi) is 5.30. The van der Waals surface area contributed by atoms with E-state index in [-0.39, 0.29) is 22.4 Å². The number of carbonyl (C=O) groups is 1. The van der Waals surface area contributed by atoms with Gasteiger partial charge in [-0.2, -0.15) is 0 Å². The summed E-state index contributed by atoms with van der Waals surface area (Å²) in [5.41, 5.74) is 2.40. The lowest BCUT2D eigenvalue weighted by Crippen LogP contribution is -2.48. The molecule has 1 aromatic rings. The molecular weight excluding hydrogens is 352 g/mol. The monoisotopic (exact) mass is 380 g/mol. The number of hydrogen-bond donors (Lipinski definition) is 2. The van der Waals surface area contributed by atoms with Crippen molar-refractivity contribution in [3.63, 3.8) is 0 Å². The van der Waals surface area contributed by atoms with Crippen molar-refractivity contribution in [2.45, 2.75) is 56.9 Å². The van der Waals surface area contributed by atoms with Crippen molar-refractivity contribution < 1.29 is 17.9 Å². The second kappa shape index (κ2) is 7.19. The van der Waals surface area contributed by atoms with Crippen LogP contribution in [0, 0.1) is 19.3 Å². The molecule has 1 aliphatic carbocycles. The Hall–Kier alpha value is -1.60. The summed E-state index contributed by atoms with van der Waals surface area (Å²) >= 11 is 0. The van der Waals surface area contributed by atoms with Crippen LogP contribution >= 0.6 is 0 Å². The van der Waals surface area contributed by atoms with E-state index in [9.17, 15) is 13.2 Å². The molecule has 0 aromatic heterocycles. The maximum Gasteiger partial charge on any atom is 0.319 e. The van der Waals surface area contributed by atoms with Crippen molar-refractivity contribution in [3.05, 3.63) is 23.3 Å². The fraction of sp³-hybridized carbons (Fsp3) is 0.632. The molecule has 0 radical (unpaired) electrons. The number of hydrogen-bond acceptors (Lipinski definition) is 4. The molecule has 1 saturated heterocycles. The number of sulfone groups is 1. The minimum atomic E-state index is -3.33. The van der Waals surface area contributed by atoms with Gasteiger partial charge in [0.25, 0.3) is 0 Å². The normalized spacial score (nSPS) is 22.3. The first-order valence-electron chi connectivity index (χ1n) is 9.18. The molecule has 1 spiro atoms. The largest absolute Gasteiger partial charge is 0.381 e. The van der Waals surface area contributed by atoms with Crippen LogP contribution in [0.2, 0.25) is 0 Å². The fourth-order valence-corrected chi connectivity index (χ4v) is 4.95. The number of nitrogens with one attached hydrogen (secondary N) is 2. The zero-order chi connectivity index (χ0) is 18.9. The molecule has 1 unspecified atom stereocenters. The topological polar surface area (TPSA) is 84.5 Å². The quantitative estimate of drug-likeness (QED) is 0.843. The number of benzene rings is 1. The Morgan fingerprint density at radius 2 is 1.88 bits per heavy atom. The number of ether oxygens (including phenoxy) is 1. The highest BCUT2D eigenvalue weighted by molar-refractivity contribution is 7.90. The van der Waals surface area contributed by atoms with Gasteiger partial charge in [-0.15, -0.1) is 0 Å². The Morgan fingerprint density at radius 1 is 1.19 bits per heavy atom. The van der Waals surface area contributed by atoms with Gasteiger partial charge in [0.2, 0.25) is 0 Å². The number of urea groups is 1. The summed E-state index contributed by atoms with van der Waals surface area (Å²) in [6.45, 7) is 5.25. The smallest absolute Gasteiger partial charge is 0.319 e. The van der Waals surface area contributed by atoms with Crippen molar-refractivity contribution in [1.82, 2.24) is 5.32 Å². The van der Waals surface area contributed by atoms with E-state index in [1.807, 2.05) is 13.8 Å². The van der Waals surface area contributed by atoms with Gasteiger partial charge in [-0.3, -0.25) is 0 Å². The predicted molar refractivity (Wildman–Crippen MR) is 101 cm³/mol. The van der Waals surface area contributed by atoms with Crippen LogP contribution < -0.4 is 10.6 Å². The SMILES string of the molecule is Cc1cc(S(C)(=O)=O)cc(NC(=O)NC2CCCC23CCOCC3)c1C. The molecule has 2 amide bonds. The summed E-state index contributed by atoms with van der Waals surface area (Å²) in [5.74, 6) is 0. The van der Waals surface area contributed by atoms with Crippen LogP contribution in [0.25, 0.3) is 0 Å². The lowest BCUT2D eigenvalue weighted by molar-refractivity contribution is 0.00652. The molecule has 3 rings (SSSR count). The highest BCUT2D eigenvalue weighted by Crippen LogP contribution is 2.46. The first-order chi connectivity index (χ1) is 12.2. The number of rotatable bonds is 3. The van der Waals surface area contributed by atoms with Crippen LogP contribution in [0.1, 0.15) is 43.2 Å². The second-order valence-corrected chi connectivity index (χ2v) is 9.72. The summed E-state index contributed by atoms with van der Waals surface area (Å²) in [5, 5.41) is 6.00. The summed E-state index contributed by atoms with van der Waals surface area (Å²) in [6, 6.07) is 3.06. The van der Waals surface area contributed by atoms with Crippen LogP contribution in [-0.4, -0.2) is 40.0 Å². The number of aryl methyl sites for hydroxylation is 1. The van der Waals surface area contributed by atoms with Gasteiger partial charge in [-0.05, 0) is 68.2 Å². The van der Waals surface area contributed by atoms with Crippen LogP contribution in [0.5, 0.6) is 0 Å². The van der Waals surface area contributed by atoms with Gasteiger partial charge >= 0.3 is 6.03 Å². The molecule has 7 heteroatoms. The molecule has 1 atom stereocenters. The Labute approximate surface area is 155 Å². The van der Waals surface area contributed by atoms with Crippen molar-refractivity contribution in [3.8, 4) is 0 Å². The minimum Gasteiger partial charge on any atom is -0.381 e. The average molecular weight is 381 g/mol. The first-order valence-corrected chi connectivity index (χ1v) is 11.1. The second-order valence-electron chi connectivity index (χ2n) is 7.70. The average Bonchev–Trinajstić information content (AvgIpc) is 2.93. The van der Waals surface area contributed by atoms with Gasteiger partial charge in [-0.25, -0.2) is 13.2 Å². The molecule has 2 aliphatic rings. The van der Waals surface area contributed by atoms with E-state index in [2.05, 4.69) is 10.6 Å². The lowest BCUT2D eigenvalue weighted by Gasteiger charge is -2.39. The Morgan fingerprint density at radius 3 is 2.54 bits per heavy atom. The van der Waals surface area contributed by atoms with Crippen molar-refractivity contribution in [1.29, 1.82) is 0 Å². The van der Waals surface area contributed by atoms with Crippen LogP contribution in [0.15, 0.2) is 17.0 Å². The molecule has 2 fully saturated rings. The van der Waals surface area contributed by atoms with Gasteiger partial charge in [0.05, 0.1) is 4.90 Å². The predicted octanol–water partition coefficient (Wildman–Crippen LogP) is 3.18. The van der Waals surface area contributed by atoms with E-state index < -0.39 is 9.84 Å². The van der Waals surface area contributed by atoms with Crippen LogP contribution in [0.4, 0.5) is 10.5 Å². The highest BCUT2D eigenvalue weighted by atomic mass is 32.2. The van der Waals surface area contributed by atoms with E-state index >= 15 is 0 Å². The third kappa shape index (κ3) is 3.88. The summed E-state index contributed by atoms with van der Waals surface area (Å²) < 4.78 is 29.2. The van der Waals surface area contributed by atoms with E-state index in [0.29, 0.717) is 5.69 Å². The maximum atomic E-state index is 12.6. The molecule has 6 nitrogen and oxygen atoms in total. The number of carbonyl (C=O) groups excluding carboxylic acids is 1. The van der Waals surface area contributed by atoms with Gasteiger partial charge in [-0.1, -0.05) is 6.42 Å². The third-order valence-corrected chi connectivity index (χ3v) is 7.11. The molecule has 2 N–H and O–H groups in total. The molecule has 1 heterocycles. The molecule has 1 aliphatic heterocycles. The molecule has 144 valence electrons. The number of anilines is 1. The molecule has 1 saturated carbocycles. The van der Waals surface area contributed by atoms with E-state index in [0.717, 1.165) is 56.4 Å². The summed E-state index contributed by atoms with van der Waals surface area (Å²) in [6.07, 6.45) is 6.37. The standard InChI is InChI=1S/C19H28N2O4S/c1-13-11-15(26(3,23)24)12-16(14(13)2)20-18(22)21-17-5-4-6-19(17)7-9-25-10-8-19/h11-12,17H,4-10H2,1-3H3,(H2,20,21,22). The van der Waals surface area contributed by atoms with Gasteiger partial charge in [0.1, 0.15) is 0 Å². The highest BCUT2D eigenvalue weighted by Gasteiger charge is 2.44. The zero-order valence-electron chi connectivity index (χ0n) is 15.7. The molecule has 1 aromatic carbocycles. The maximum absolute atomic E-state index is 12.6. The zero-order valence-corrected chi connectivity index (χ0v) is 16.5. The van der Waals surface area contributed by atoms with Gasteiger partial charge < -0.3 is 15.4 Å². The number of amides is 2. The summed E-state index contributed by atoms with van der Waals surface area (Å²) in [7, 11) is -3.33. The molecule has 0 bridgehead atoms. The van der Waals surface area contributed by atoms with Gasteiger partial charge in [0.15, 0.2) is 9.84 Å². The Bertz CT molecular complexity index is 798. The third-order valence-electron chi connectivity index (χ3n) is 6.02. The first kappa shape index (κ1) is 19.2. The Balaban J connectivity index is 1.75. The van der Waals surface area contributed by atoms with Crippen molar-refractivity contribution in [2.75, 3.05) is 24.8 Å². The fourth-order valence-electron chi connectivity index (χ4n) is 4.23. The van der Waals surface area contributed by atoms with E-state index in [1.54, 1.807) is 6.07 Å². The molecule has 26 heavy (non-hydrogen) atoms.